The molecule has 8 nitrogen and oxygen atoms in total. The zero-order valence-corrected chi connectivity index (χ0v) is 21.4. The Morgan fingerprint density at radius 3 is 2.91 bits per heavy atom. The summed E-state index contributed by atoms with van der Waals surface area (Å²) in [5.74, 6) is 1.34. The van der Waals surface area contributed by atoms with Gasteiger partial charge in [0.05, 0.1) is 19.3 Å². The molecule has 2 aliphatic heterocycles. The summed E-state index contributed by atoms with van der Waals surface area (Å²) in [6.07, 6.45) is 3.52. The van der Waals surface area contributed by atoms with E-state index in [4.69, 9.17) is 14.2 Å². The molecule has 9 heteroatoms. The summed E-state index contributed by atoms with van der Waals surface area (Å²) in [6.45, 7) is 4.66. The molecule has 2 aliphatic rings. The number of carbonyl (C=O) groups excluding carboxylic acids is 2. The highest BCUT2D eigenvalue weighted by atomic mass is 32.1. The summed E-state index contributed by atoms with van der Waals surface area (Å²) in [4.78, 5) is 31.2. The van der Waals surface area contributed by atoms with Gasteiger partial charge in [0, 0.05) is 37.2 Å². The molecule has 35 heavy (non-hydrogen) atoms. The van der Waals surface area contributed by atoms with Crippen molar-refractivity contribution in [2.45, 2.75) is 44.8 Å². The molecule has 3 heterocycles. The van der Waals surface area contributed by atoms with Crippen LogP contribution in [0, 0.1) is 0 Å². The highest BCUT2D eigenvalue weighted by molar-refractivity contribution is 7.10. The molecule has 0 radical (unpaired) electrons. The average Bonchev–Trinajstić information content (AvgIpc) is 3.57. The number of amides is 3. The number of ether oxygens (including phenoxy) is 3. The third-order valence-electron chi connectivity index (χ3n) is 6.45. The third-order valence-corrected chi connectivity index (χ3v) is 7.45. The lowest BCUT2D eigenvalue weighted by Gasteiger charge is -2.37. The summed E-state index contributed by atoms with van der Waals surface area (Å²) in [5.41, 5.74) is 1.12. The standard InChI is InChI=1S/C26H35N3O5S/c1-3-11-27-26(31)28(16-21-8-5-13-33-21)17-25(30)29-12-9-24-22(10-14-35-24)23(29)18-34-20-7-4-6-19(15-20)32-2/h4,6-7,10,14-15,21,23H,3,5,8-9,11-13,16-18H2,1-2H3,(H,27,31)/t21-,23+/m1/s1. The number of urea groups is 1. The minimum Gasteiger partial charge on any atom is -0.497 e. The van der Waals surface area contributed by atoms with Gasteiger partial charge in [0.1, 0.15) is 24.7 Å². The number of thiophene rings is 1. The van der Waals surface area contributed by atoms with E-state index in [1.807, 2.05) is 36.1 Å². The van der Waals surface area contributed by atoms with Gasteiger partial charge in [-0.05, 0) is 54.8 Å². The van der Waals surface area contributed by atoms with Crippen LogP contribution in [0.5, 0.6) is 11.5 Å². The van der Waals surface area contributed by atoms with Crippen LogP contribution < -0.4 is 14.8 Å². The van der Waals surface area contributed by atoms with Gasteiger partial charge in [-0.15, -0.1) is 11.3 Å². The van der Waals surface area contributed by atoms with Gasteiger partial charge in [0.25, 0.3) is 0 Å². The normalized spacial score (nSPS) is 19.2. The Labute approximate surface area is 211 Å². The summed E-state index contributed by atoms with van der Waals surface area (Å²) in [6, 6.07) is 9.12. The predicted octanol–water partition coefficient (Wildman–Crippen LogP) is 3.86. The Morgan fingerprint density at radius 1 is 1.29 bits per heavy atom. The van der Waals surface area contributed by atoms with Crippen molar-refractivity contribution in [2.75, 3.05) is 46.5 Å². The van der Waals surface area contributed by atoms with E-state index in [2.05, 4.69) is 16.8 Å². The molecular weight excluding hydrogens is 466 g/mol. The van der Waals surface area contributed by atoms with Crippen LogP contribution >= 0.6 is 11.3 Å². The number of fused-ring (bicyclic) bond motifs is 1. The molecule has 0 bridgehead atoms. The zero-order chi connectivity index (χ0) is 24.6. The van der Waals surface area contributed by atoms with Crippen LogP contribution in [-0.4, -0.2) is 74.3 Å². The number of hydrogen-bond donors (Lipinski definition) is 1. The minimum absolute atomic E-state index is 0.0184. The first-order chi connectivity index (χ1) is 17.1. The summed E-state index contributed by atoms with van der Waals surface area (Å²) < 4.78 is 17.2. The summed E-state index contributed by atoms with van der Waals surface area (Å²) in [7, 11) is 1.62. The molecule has 1 N–H and O–H groups in total. The molecule has 1 aromatic carbocycles. The maximum Gasteiger partial charge on any atom is 0.317 e. The molecule has 190 valence electrons. The molecule has 2 aromatic rings. The Balaban J connectivity index is 1.48. The van der Waals surface area contributed by atoms with Crippen LogP contribution in [0.4, 0.5) is 4.79 Å². The highest BCUT2D eigenvalue weighted by Gasteiger charge is 2.34. The molecule has 0 saturated carbocycles. The monoisotopic (exact) mass is 501 g/mol. The Kier molecular flexibility index (Phi) is 8.87. The molecule has 3 amide bonds. The molecule has 0 spiro atoms. The Hall–Kier alpha value is -2.78. The van der Waals surface area contributed by atoms with Gasteiger partial charge in [0.15, 0.2) is 0 Å². The first-order valence-electron chi connectivity index (χ1n) is 12.4. The van der Waals surface area contributed by atoms with Crippen molar-refractivity contribution in [1.29, 1.82) is 0 Å². The van der Waals surface area contributed by atoms with Crippen LogP contribution in [0.3, 0.4) is 0 Å². The molecular formula is C26H35N3O5S. The molecule has 1 aromatic heterocycles. The number of rotatable bonds is 10. The van der Waals surface area contributed by atoms with E-state index in [-0.39, 0.29) is 30.6 Å². The van der Waals surface area contributed by atoms with Crippen molar-refractivity contribution in [3.63, 3.8) is 0 Å². The van der Waals surface area contributed by atoms with Gasteiger partial charge in [0.2, 0.25) is 5.91 Å². The van der Waals surface area contributed by atoms with Crippen LogP contribution in [0.2, 0.25) is 0 Å². The topological polar surface area (TPSA) is 80.3 Å². The fourth-order valence-electron chi connectivity index (χ4n) is 4.59. The van der Waals surface area contributed by atoms with E-state index < -0.39 is 0 Å². The summed E-state index contributed by atoms with van der Waals surface area (Å²) in [5, 5.41) is 4.99. The van der Waals surface area contributed by atoms with Gasteiger partial charge >= 0.3 is 6.03 Å². The minimum atomic E-state index is -0.216. The lowest BCUT2D eigenvalue weighted by molar-refractivity contribution is -0.135. The van der Waals surface area contributed by atoms with Crippen LogP contribution in [-0.2, 0) is 16.0 Å². The van der Waals surface area contributed by atoms with Crippen molar-refractivity contribution >= 4 is 23.3 Å². The number of nitrogens with one attached hydrogen (secondary N) is 1. The second-order valence-corrected chi connectivity index (χ2v) is 9.89. The maximum absolute atomic E-state index is 13.6. The van der Waals surface area contributed by atoms with Gasteiger partial charge in [-0.1, -0.05) is 13.0 Å². The maximum atomic E-state index is 13.6. The van der Waals surface area contributed by atoms with Crippen LogP contribution in [0.25, 0.3) is 0 Å². The molecule has 4 rings (SSSR count). The van der Waals surface area contributed by atoms with Gasteiger partial charge < -0.3 is 29.3 Å². The first kappa shape index (κ1) is 25.3. The van der Waals surface area contributed by atoms with Crippen molar-refractivity contribution in [2.24, 2.45) is 0 Å². The number of methoxy groups -OCH3 is 1. The average molecular weight is 502 g/mol. The van der Waals surface area contributed by atoms with E-state index in [1.54, 1.807) is 23.3 Å². The van der Waals surface area contributed by atoms with Gasteiger partial charge in [-0.2, -0.15) is 0 Å². The molecule has 1 fully saturated rings. The second-order valence-electron chi connectivity index (χ2n) is 8.89. The van der Waals surface area contributed by atoms with Crippen LogP contribution in [0.15, 0.2) is 35.7 Å². The van der Waals surface area contributed by atoms with Gasteiger partial charge in [-0.25, -0.2) is 4.79 Å². The SMILES string of the molecule is CCCNC(=O)N(CC(=O)N1CCc2sccc2[C@@H]1COc1cccc(OC)c1)C[C@H]1CCCO1. The molecule has 1 saturated heterocycles. The number of benzene rings is 1. The van der Waals surface area contributed by atoms with Crippen molar-refractivity contribution in [3.8, 4) is 11.5 Å². The number of nitrogens with zero attached hydrogens (tertiary/aromatic N) is 2. The van der Waals surface area contributed by atoms with E-state index in [9.17, 15) is 9.59 Å². The largest absolute Gasteiger partial charge is 0.497 e. The van der Waals surface area contributed by atoms with E-state index >= 15 is 0 Å². The molecule has 0 unspecified atom stereocenters. The number of carbonyl (C=O) groups is 2. The second kappa shape index (κ2) is 12.3. The van der Waals surface area contributed by atoms with E-state index in [1.165, 1.54) is 4.88 Å². The number of hydrogen-bond acceptors (Lipinski definition) is 6. The van der Waals surface area contributed by atoms with Crippen LogP contribution in [0.1, 0.15) is 42.7 Å². The van der Waals surface area contributed by atoms with Crippen molar-refractivity contribution in [1.82, 2.24) is 15.1 Å². The lowest BCUT2D eigenvalue weighted by atomic mass is 10.0. The zero-order valence-electron chi connectivity index (χ0n) is 20.5. The van der Waals surface area contributed by atoms with E-state index in [0.29, 0.717) is 38.6 Å². The Morgan fingerprint density at radius 2 is 2.14 bits per heavy atom. The van der Waals surface area contributed by atoms with Crippen molar-refractivity contribution < 1.29 is 23.8 Å². The van der Waals surface area contributed by atoms with E-state index in [0.717, 1.165) is 37.0 Å². The quantitative estimate of drug-likeness (QED) is 0.535. The molecule has 2 atom stereocenters. The summed E-state index contributed by atoms with van der Waals surface area (Å²) >= 11 is 1.72. The first-order valence-corrected chi connectivity index (χ1v) is 13.2. The fourth-order valence-corrected chi connectivity index (χ4v) is 5.52. The lowest BCUT2D eigenvalue weighted by Crippen LogP contribution is -2.51. The molecule has 0 aliphatic carbocycles. The van der Waals surface area contributed by atoms with Gasteiger partial charge in [-0.3, -0.25) is 4.79 Å². The predicted molar refractivity (Wildman–Crippen MR) is 135 cm³/mol. The highest BCUT2D eigenvalue weighted by Crippen LogP contribution is 2.34. The third kappa shape index (κ3) is 6.46. The fraction of sp³-hybridized carbons (Fsp3) is 0.538. The van der Waals surface area contributed by atoms with Crippen molar-refractivity contribution in [3.05, 3.63) is 46.2 Å². The Bertz CT molecular complexity index is 991. The smallest absolute Gasteiger partial charge is 0.317 e.